The maximum Gasteiger partial charge on any atom is 0.308 e. The minimum Gasteiger partial charge on any atom is -0.463 e. The van der Waals surface area contributed by atoms with Crippen molar-refractivity contribution in [3.05, 3.63) is 0 Å². The molecule has 1 heterocycles. The summed E-state index contributed by atoms with van der Waals surface area (Å²) >= 11 is 0. The molecule has 110 valence electrons. The van der Waals surface area contributed by atoms with Gasteiger partial charge in [-0.25, -0.2) is 0 Å². The van der Waals surface area contributed by atoms with Crippen molar-refractivity contribution < 1.29 is 23.8 Å². The van der Waals surface area contributed by atoms with Crippen molar-refractivity contribution in [3.8, 4) is 0 Å². The van der Waals surface area contributed by atoms with Crippen LogP contribution in [0, 0.1) is 11.8 Å². The highest BCUT2D eigenvalue weighted by atomic mass is 16.6. The number of carbonyl (C=O) groups is 2. The number of hydrogen-bond donors (Lipinski definition) is 0. The summed E-state index contributed by atoms with van der Waals surface area (Å²) in [6.07, 6.45) is 0.976. The smallest absolute Gasteiger partial charge is 0.308 e. The molecule has 19 heavy (non-hydrogen) atoms. The average molecular weight is 272 g/mol. The monoisotopic (exact) mass is 272 g/mol. The molecule has 0 aliphatic carbocycles. The van der Waals surface area contributed by atoms with Gasteiger partial charge in [0.1, 0.15) is 12.7 Å². The SMILES string of the molecule is CC(C)C(=O)OC[C@@H]1C[C@H](OC(=O)C(C)C)CCO1. The number of ether oxygens (including phenoxy) is 3. The summed E-state index contributed by atoms with van der Waals surface area (Å²) in [5, 5.41) is 0. The normalized spacial score (nSPS) is 23.5. The zero-order chi connectivity index (χ0) is 14.4. The molecule has 1 aliphatic rings. The maximum atomic E-state index is 11.5. The van der Waals surface area contributed by atoms with Crippen LogP contribution in [-0.4, -0.2) is 37.4 Å². The van der Waals surface area contributed by atoms with E-state index >= 15 is 0 Å². The second kappa shape index (κ2) is 7.48. The first-order valence-corrected chi connectivity index (χ1v) is 6.88. The van der Waals surface area contributed by atoms with Crippen LogP contribution in [0.1, 0.15) is 40.5 Å². The molecule has 5 nitrogen and oxygen atoms in total. The first-order valence-electron chi connectivity index (χ1n) is 6.88. The second-order valence-corrected chi connectivity index (χ2v) is 5.52. The van der Waals surface area contributed by atoms with E-state index in [1.807, 2.05) is 13.8 Å². The lowest BCUT2D eigenvalue weighted by molar-refractivity contribution is -0.166. The fourth-order valence-electron chi connectivity index (χ4n) is 1.71. The third-order valence-corrected chi connectivity index (χ3v) is 2.96. The third-order valence-electron chi connectivity index (χ3n) is 2.96. The van der Waals surface area contributed by atoms with E-state index in [-0.39, 0.29) is 42.6 Å². The van der Waals surface area contributed by atoms with Gasteiger partial charge in [-0.1, -0.05) is 27.7 Å². The predicted octanol–water partition coefficient (Wildman–Crippen LogP) is 1.93. The fourth-order valence-corrected chi connectivity index (χ4v) is 1.71. The Morgan fingerprint density at radius 3 is 2.37 bits per heavy atom. The summed E-state index contributed by atoms with van der Waals surface area (Å²) in [5.74, 6) is -0.687. The van der Waals surface area contributed by atoms with Crippen molar-refractivity contribution in [1.29, 1.82) is 0 Å². The molecule has 5 heteroatoms. The molecule has 0 bridgehead atoms. The molecule has 0 aromatic carbocycles. The lowest BCUT2D eigenvalue weighted by Crippen LogP contribution is -2.36. The molecular formula is C14H24O5. The highest BCUT2D eigenvalue weighted by Crippen LogP contribution is 2.19. The summed E-state index contributed by atoms with van der Waals surface area (Å²) in [5.41, 5.74) is 0. The summed E-state index contributed by atoms with van der Waals surface area (Å²) in [7, 11) is 0. The first kappa shape index (κ1) is 16.0. The van der Waals surface area contributed by atoms with Gasteiger partial charge in [0, 0.05) is 12.8 Å². The summed E-state index contributed by atoms with van der Waals surface area (Å²) in [6.45, 7) is 7.95. The molecule has 0 unspecified atom stereocenters. The molecular weight excluding hydrogens is 248 g/mol. The Kier molecular flexibility index (Phi) is 6.28. The maximum absolute atomic E-state index is 11.5. The van der Waals surface area contributed by atoms with Gasteiger partial charge in [0.15, 0.2) is 0 Å². The van der Waals surface area contributed by atoms with Crippen molar-refractivity contribution >= 4 is 11.9 Å². The standard InChI is InChI=1S/C14H24O5/c1-9(2)13(15)18-8-12-7-11(5-6-17-12)19-14(16)10(3)4/h9-12H,5-8H2,1-4H3/t11-,12+/m1/s1. The van der Waals surface area contributed by atoms with E-state index in [1.54, 1.807) is 13.8 Å². The molecule has 1 aliphatic heterocycles. The highest BCUT2D eigenvalue weighted by molar-refractivity contribution is 5.72. The van der Waals surface area contributed by atoms with Crippen LogP contribution < -0.4 is 0 Å². The zero-order valence-corrected chi connectivity index (χ0v) is 12.2. The largest absolute Gasteiger partial charge is 0.463 e. The van der Waals surface area contributed by atoms with Crippen LogP contribution in [0.5, 0.6) is 0 Å². The Labute approximate surface area is 114 Å². The van der Waals surface area contributed by atoms with Gasteiger partial charge in [0.2, 0.25) is 0 Å². The van der Waals surface area contributed by atoms with Crippen LogP contribution in [0.15, 0.2) is 0 Å². The molecule has 0 radical (unpaired) electrons. The first-order chi connectivity index (χ1) is 8.90. The van der Waals surface area contributed by atoms with Crippen LogP contribution in [0.2, 0.25) is 0 Å². The molecule has 2 atom stereocenters. The number of esters is 2. The molecule has 1 saturated heterocycles. The molecule has 0 N–H and O–H groups in total. The Morgan fingerprint density at radius 2 is 1.79 bits per heavy atom. The van der Waals surface area contributed by atoms with Gasteiger partial charge < -0.3 is 14.2 Å². The third kappa shape index (κ3) is 5.59. The van der Waals surface area contributed by atoms with E-state index in [9.17, 15) is 9.59 Å². The minimum absolute atomic E-state index is 0.125. The molecule has 0 aromatic heterocycles. The quantitative estimate of drug-likeness (QED) is 0.716. The highest BCUT2D eigenvalue weighted by Gasteiger charge is 2.27. The van der Waals surface area contributed by atoms with E-state index in [1.165, 1.54) is 0 Å². The van der Waals surface area contributed by atoms with Gasteiger partial charge >= 0.3 is 11.9 Å². The molecule has 1 fully saturated rings. The van der Waals surface area contributed by atoms with Gasteiger partial charge in [0.25, 0.3) is 0 Å². The van der Waals surface area contributed by atoms with Crippen molar-refractivity contribution in [2.24, 2.45) is 11.8 Å². The number of carbonyl (C=O) groups excluding carboxylic acids is 2. The molecule has 1 rings (SSSR count). The van der Waals surface area contributed by atoms with E-state index in [2.05, 4.69) is 0 Å². The Hall–Kier alpha value is -1.10. The minimum atomic E-state index is -0.232. The van der Waals surface area contributed by atoms with Crippen LogP contribution >= 0.6 is 0 Å². The fraction of sp³-hybridized carbons (Fsp3) is 0.857. The van der Waals surface area contributed by atoms with Crippen LogP contribution in [0.3, 0.4) is 0 Å². The van der Waals surface area contributed by atoms with Crippen LogP contribution in [0.25, 0.3) is 0 Å². The lowest BCUT2D eigenvalue weighted by Gasteiger charge is -2.29. The van der Waals surface area contributed by atoms with E-state index in [4.69, 9.17) is 14.2 Å². The number of rotatable bonds is 5. The lowest BCUT2D eigenvalue weighted by atomic mass is 10.1. The van der Waals surface area contributed by atoms with Gasteiger partial charge in [0.05, 0.1) is 24.5 Å². The molecule has 0 spiro atoms. The van der Waals surface area contributed by atoms with Crippen molar-refractivity contribution in [1.82, 2.24) is 0 Å². The Bertz CT molecular complexity index is 311. The van der Waals surface area contributed by atoms with Gasteiger partial charge in [-0.15, -0.1) is 0 Å². The second-order valence-electron chi connectivity index (χ2n) is 5.52. The summed E-state index contributed by atoms with van der Waals surface area (Å²) in [6, 6.07) is 0. The number of hydrogen-bond acceptors (Lipinski definition) is 5. The summed E-state index contributed by atoms with van der Waals surface area (Å²) < 4.78 is 16.0. The zero-order valence-electron chi connectivity index (χ0n) is 12.2. The van der Waals surface area contributed by atoms with Crippen molar-refractivity contribution in [2.75, 3.05) is 13.2 Å². The van der Waals surface area contributed by atoms with Crippen LogP contribution in [0.4, 0.5) is 0 Å². The van der Waals surface area contributed by atoms with Gasteiger partial charge in [-0.3, -0.25) is 9.59 Å². The van der Waals surface area contributed by atoms with E-state index < -0.39 is 0 Å². The molecule has 0 saturated carbocycles. The average Bonchev–Trinajstić information content (AvgIpc) is 2.36. The molecule has 0 amide bonds. The molecule has 0 aromatic rings. The van der Waals surface area contributed by atoms with Gasteiger partial charge in [-0.05, 0) is 0 Å². The Balaban J connectivity index is 2.34. The van der Waals surface area contributed by atoms with E-state index in [0.29, 0.717) is 19.4 Å². The van der Waals surface area contributed by atoms with Crippen molar-refractivity contribution in [3.63, 3.8) is 0 Å². The van der Waals surface area contributed by atoms with Gasteiger partial charge in [-0.2, -0.15) is 0 Å². The topological polar surface area (TPSA) is 61.8 Å². The summed E-state index contributed by atoms with van der Waals surface area (Å²) in [4.78, 5) is 22.9. The predicted molar refractivity (Wildman–Crippen MR) is 69.5 cm³/mol. The Morgan fingerprint density at radius 1 is 1.16 bits per heavy atom. The van der Waals surface area contributed by atoms with Crippen molar-refractivity contribution in [2.45, 2.75) is 52.7 Å². The van der Waals surface area contributed by atoms with Crippen LogP contribution in [-0.2, 0) is 23.8 Å². The van der Waals surface area contributed by atoms with E-state index in [0.717, 1.165) is 0 Å².